The highest BCUT2D eigenvalue weighted by molar-refractivity contribution is 5.94. The summed E-state index contributed by atoms with van der Waals surface area (Å²) in [4.78, 5) is 15.7. The molecule has 0 unspecified atom stereocenters. The molecule has 1 heterocycles. The van der Waals surface area contributed by atoms with Gasteiger partial charge in [-0.15, -0.1) is 0 Å². The van der Waals surface area contributed by atoms with Gasteiger partial charge in [0.1, 0.15) is 0 Å². The highest BCUT2D eigenvalue weighted by Gasteiger charge is 2.05. The molecule has 1 aromatic carbocycles. The van der Waals surface area contributed by atoms with Gasteiger partial charge >= 0.3 is 0 Å². The van der Waals surface area contributed by atoms with Gasteiger partial charge in [-0.25, -0.2) is 5.43 Å². The van der Waals surface area contributed by atoms with E-state index in [2.05, 4.69) is 15.5 Å². The zero-order chi connectivity index (χ0) is 16.5. The van der Waals surface area contributed by atoms with E-state index in [0.29, 0.717) is 30.3 Å². The van der Waals surface area contributed by atoms with Crippen LogP contribution >= 0.6 is 0 Å². The van der Waals surface area contributed by atoms with Gasteiger partial charge in [-0.3, -0.25) is 9.78 Å². The predicted octanol–water partition coefficient (Wildman–Crippen LogP) is 2.64. The quantitative estimate of drug-likeness (QED) is 0.630. The normalized spacial score (nSPS) is 10.5. The Morgan fingerprint density at radius 3 is 2.52 bits per heavy atom. The molecule has 1 N–H and O–H groups in total. The maximum atomic E-state index is 11.8. The number of ether oxygens (including phenoxy) is 2. The second-order valence-electron chi connectivity index (χ2n) is 4.51. The lowest BCUT2D eigenvalue weighted by molar-refractivity contribution is 0.0955. The second kappa shape index (κ2) is 8.53. The van der Waals surface area contributed by atoms with E-state index in [4.69, 9.17) is 9.47 Å². The Hall–Kier alpha value is -2.89. The number of carbonyl (C=O) groups is 1. The Morgan fingerprint density at radius 1 is 1.13 bits per heavy atom. The summed E-state index contributed by atoms with van der Waals surface area (Å²) in [7, 11) is 0. The van der Waals surface area contributed by atoms with E-state index in [-0.39, 0.29) is 5.91 Å². The molecule has 0 aliphatic carbocycles. The van der Waals surface area contributed by atoms with Crippen molar-refractivity contribution < 1.29 is 14.3 Å². The number of aromatic nitrogens is 1. The van der Waals surface area contributed by atoms with Gasteiger partial charge in [-0.2, -0.15) is 5.10 Å². The molecular formula is C17H19N3O3. The summed E-state index contributed by atoms with van der Waals surface area (Å²) in [5, 5.41) is 3.95. The number of amides is 1. The highest BCUT2D eigenvalue weighted by atomic mass is 16.5. The Labute approximate surface area is 135 Å². The number of rotatable bonds is 7. The monoisotopic (exact) mass is 313 g/mol. The minimum absolute atomic E-state index is 0.292. The molecule has 0 radical (unpaired) electrons. The van der Waals surface area contributed by atoms with Crippen molar-refractivity contribution in [1.82, 2.24) is 10.4 Å². The molecule has 0 saturated carbocycles. The van der Waals surface area contributed by atoms with Crippen LogP contribution in [0.5, 0.6) is 11.5 Å². The number of hydrogen-bond donors (Lipinski definition) is 1. The third-order valence-corrected chi connectivity index (χ3v) is 2.89. The smallest absolute Gasteiger partial charge is 0.271 e. The molecule has 2 rings (SSSR count). The summed E-state index contributed by atoms with van der Waals surface area (Å²) in [6.45, 7) is 4.93. The van der Waals surface area contributed by atoms with E-state index >= 15 is 0 Å². The Morgan fingerprint density at radius 2 is 1.83 bits per heavy atom. The van der Waals surface area contributed by atoms with Crippen molar-refractivity contribution in [1.29, 1.82) is 0 Å². The summed E-state index contributed by atoms with van der Waals surface area (Å²) in [5.41, 5.74) is 3.77. The molecule has 1 aromatic heterocycles. The molecule has 0 fully saturated rings. The van der Waals surface area contributed by atoms with Crippen LogP contribution in [0.15, 0.2) is 47.8 Å². The van der Waals surface area contributed by atoms with Crippen molar-refractivity contribution in [3.63, 3.8) is 0 Å². The number of nitrogens with zero attached hydrogens (tertiary/aromatic N) is 2. The third-order valence-electron chi connectivity index (χ3n) is 2.89. The van der Waals surface area contributed by atoms with Crippen molar-refractivity contribution in [2.24, 2.45) is 5.10 Å². The molecule has 0 aliphatic rings. The fourth-order valence-corrected chi connectivity index (χ4v) is 1.88. The zero-order valence-electron chi connectivity index (χ0n) is 13.2. The van der Waals surface area contributed by atoms with Crippen LogP contribution in [0.1, 0.15) is 29.8 Å². The maximum Gasteiger partial charge on any atom is 0.271 e. The Kier molecular flexibility index (Phi) is 6.11. The molecule has 6 heteroatoms. The highest BCUT2D eigenvalue weighted by Crippen LogP contribution is 2.27. The van der Waals surface area contributed by atoms with Gasteiger partial charge in [0.2, 0.25) is 0 Å². The molecular weight excluding hydrogens is 294 g/mol. The first-order valence-corrected chi connectivity index (χ1v) is 7.37. The van der Waals surface area contributed by atoms with Crippen LogP contribution in [-0.4, -0.2) is 30.3 Å². The average molecular weight is 313 g/mol. The van der Waals surface area contributed by atoms with Gasteiger partial charge in [-0.1, -0.05) is 0 Å². The van der Waals surface area contributed by atoms with Crippen LogP contribution < -0.4 is 14.9 Å². The van der Waals surface area contributed by atoms with E-state index in [1.807, 2.05) is 32.0 Å². The van der Waals surface area contributed by atoms with Crippen molar-refractivity contribution in [3.05, 3.63) is 53.9 Å². The topological polar surface area (TPSA) is 72.8 Å². The summed E-state index contributed by atoms with van der Waals surface area (Å²) in [5.74, 6) is 1.05. The number of carbonyl (C=O) groups excluding carboxylic acids is 1. The molecule has 23 heavy (non-hydrogen) atoms. The molecule has 2 aromatic rings. The first-order valence-electron chi connectivity index (χ1n) is 7.37. The molecule has 0 bridgehead atoms. The lowest BCUT2D eigenvalue weighted by Crippen LogP contribution is -2.17. The Balaban J connectivity index is 2.04. The van der Waals surface area contributed by atoms with Gasteiger partial charge in [0.05, 0.1) is 19.4 Å². The summed E-state index contributed by atoms with van der Waals surface area (Å²) in [6.07, 6.45) is 4.66. The van der Waals surface area contributed by atoms with Crippen LogP contribution in [0.3, 0.4) is 0 Å². The minimum atomic E-state index is -0.292. The predicted molar refractivity (Wildman–Crippen MR) is 88.1 cm³/mol. The molecule has 6 nitrogen and oxygen atoms in total. The van der Waals surface area contributed by atoms with Gasteiger partial charge in [0.25, 0.3) is 5.91 Å². The van der Waals surface area contributed by atoms with Gasteiger partial charge in [-0.05, 0) is 49.7 Å². The maximum absolute atomic E-state index is 11.8. The number of nitrogens with one attached hydrogen (secondary N) is 1. The molecule has 0 spiro atoms. The van der Waals surface area contributed by atoms with Gasteiger partial charge in [0, 0.05) is 18.0 Å². The first-order chi connectivity index (χ1) is 11.2. The summed E-state index contributed by atoms with van der Waals surface area (Å²) in [6, 6.07) is 8.72. The standard InChI is InChI=1S/C17H19N3O3/c1-3-22-15-6-5-13(11-16(15)23-4-2)12-19-20-17(21)14-7-9-18-10-8-14/h5-12H,3-4H2,1-2H3,(H,20,21). The van der Waals surface area contributed by atoms with Crippen LogP contribution in [0.25, 0.3) is 0 Å². The van der Waals surface area contributed by atoms with Crippen LogP contribution in [-0.2, 0) is 0 Å². The van der Waals surface area contributed by atoms with Crippen LogP contribution in [0.4, 0.5) is 0 Å². The van der Waals surface area contributed by atoms with E-state index in [1.165, 1.54) is 0 Å². The fourth-order valence-electron chi connectivity index (χ4n) is 1.88. The molecule has 120 valence electrons. The van der Waals surface area contributed by atoms with Crippen LogP contribution in [0.2, 0.25) is 0 Å². The first kappa shape index (κ1) is 16.5. The number of benzene rings is 1. The molecule has 0 atom stereocenters. The largest absolute Gasteiger partial charge is 0.490 e. The number of hydrogen-bond acceptors (Lipinski definition) is 5. The molecule has 0 aliphatic heterocycles. The summed E-state index contributed by atoms with van der Waals surface area (Å²) < 4.78 is 11.0. The summed E-state index contributed by atoms with van der Waals surface area (Å²) >= 11 is 0. The number of pyridine rings is 1. The van der Waals surface area contributed by atoms with E-state index in [0.717, 1.165) is 5.56 Å². The van der Waals surface area contributed by atoms with Gasteiger partial charge < -0.3 is 9.47 Å². The minimum Gasteiger partial charge on any atom is -0.490 e. The van der Waals surface area contributed by atoms with Crippen molar-refractivity contribution in [2.75, 3.05) is 13.2 Å². The SMILES string of the molecule is CCOc1ccc(C=NNC(=O)c2ccncc2)cc1OCC. The fraction of sp³-hybridized carbons (Fsp3) is 0.235. The van der Waals surface area contributed by atoms with E-state index in [1.54, 1.807) is 30.7 Å². The van der Waals surface area contributed by atoms with Crippen LogP contribution in [0, 0.1) is 0 Å². The molecule has 1 amide bonds. The lowest BCUT2D eigenvalue weighted by Gasteiger charge is -2.11. The zero-order valence-corrected chi connectivity index (χ0v) is 13.2. The second-order valence-corrected chi connectivity index (χ2v) is 4.51. The Bertz CT molecular complexity index is 672. The van der Waals surface area contributed by atoms with E-state index < -0.39 is 0 Å². The molecule has 0 saturated heterocycles. The average Bonchev–Trinajstić information content (AvgIpc) is 2.58. The van der Waals surface area contributed by atoms with Crippen molar-refractivity contribution >= 4 is 12.1 Å². The number of hydrazone groups is 1. The third kappa shape index (κ3) is 4.81. The van der Waals surface area contributed by atoms with Crippen molar-refractivity contribution in [2.45, 2.75) is 13.8 Å². The van der Waals surface area contributed by atoms with Gasteiger partial charge in [0.15, 0.2) is 11.5 Å². The lowest BCUT2D eigenvalue weighted by atomic mass is 10.2. The van der Waals surface area contributed by atoms with Crippen molar-refractivity contribution in [3.8, 4) is 11.5 Å². The van der Waals surface area contributed by atoms with E-state index in [9.17, 15) is 4.79 Å².